The van der Waals surface area contributed by atoms with E-state index in [0.717, 1.165) is 24.8 Å². The smallest absolute Gasteiger partial charge is 0.262 e. The molecule has 0 N–H and O–H groups in total. The maximum Gasteiger partial charge on any atom is 0.262 e. The summed E-state index contributed by atoms with van der Waals surface area (Å²) in [6.07, 6.45) is 7.98. The minimum atomic E-state index is 0.00464. The lowest BCUT2D eigenvalue weighted by Crippen LogP contribution is -2.24. The molecule has 7 heteroatoms. The van der Waals surface area contributed by atoms with Gasteiger partial charge < -0.3 is 4.42 Å². The van der Waals surface area contributed by atoms with Gasteiger partial charge in [0.15, 0.2) is 5.16 Å². The first-order chi connectivity index (χ1) is 15.8. The minimum absolute atomic E-state index is 0.00464. The van der Waals surface area contributed by atoms with Crippen LogP contribution in [-0.4, -0.2) is 19.7 Å². The molecule has 0 unspecified atom stereocenters. The highest BCUT2D eigenvalue weighted by atomic mass is 32.2. The molecule has 1 aliphatic rings. The van der Waals surface area contributed by atoms with Crippen LogP contribution in [-0.2, 0) is 12.3 Å². The van der Waals surface area contributed by atoms with Crippen molar-refractivity contribution in [3.63, 3.8) is 0 Å². The third-order valence-corrected chi connectivity index (χ3v) is 6.64. The van der Waals surface area contributed by atoms with Crippen LogP contribution in [0.3, 0.4) is 0 Å². The number of rotatable bonds is 7. The van der Waals surface area contributed by atoms with Gasteiger partial charge in [0.1, 0.15) is 0 Å². The molecule has 0 bridgehead atoms. The van der Waals surface area contributed by atoms with Gasteiger partial charge in [0.05, 0.1) is 16.7 Å². The van der Waals surface area contributed by atoms with Crippen molar-refractivity contribution in [2.75, 3.05) is 0 Å². The summed E-state index contributed by atoms with van der Waals surface area (Å²) in [6, 6.07) is 17.2. The third-order valence-electron chi connectivity index (χ3n) is 5.68. The first kappa shape index (κ1) is 20.7. The van der Waals surface area contributed by atoms with Crippen molar-refractivity contribution in [3.8, 4) is 11.5 Å². The number of fused-ring (bicyclic) bond motifs is 1. The molecule has 5 rings (SSSR count). The molecule has 0 radical (unpaired) electrons. The fourth-order valence-corrected chi connectivity index (χ4v) is 4.84. The molecule has 162 valence electrons. The normalized spacial score (nSPS) is 13.9. The monoisotopic (exact) mass is 444 g/mol. The average Bonchev–Trinajstić information content (AvgIpc) is 3.33. The number of hydrogen-bond donors (Lipinski definition) is 0. The maximum atomic E-state index is 13.3. The molecule has 0 saturated heterocycles. The maximum absolute atomic E-state index is 13.3. The number of hydrogen-bond acceptors (Lipinski definition) is 6. The Morgan fingerprint density at radius 1 is 1.00 bits per heavy atom. The largest absolute Gasteiger partial charge is 0.420 e. The zero-order valence-electron chi connectivity index (χ0n) is 17.7. The van der Waals surface area contributed by atoms with Gasteiger partial charge in [-0.05, 0) is 56.4 Å². The molecule has 2 aromatic heterocycles. The van der Waals surface area contributed by atoms with Crippen molar-refractivity contribution in [1.82, 2.24) is 19.7 Å². The van der Waals surface area contributed by atoms with E-state index in [1.54, 1.807) is 4.57 Å². The molecule has 2 aromatic carbocycles. The molecule has 32 heavy (non-hydrogen) atoms. The van der Waals surface area contributed by atoms with Crippen molar-refractivity contribution in [2.45, 2.75) is 49.6 Å². The van der Waals surface area contributed by atoms with Gasteiger partial charge in [-0.1, -0.05) is 53.7 Å². The van der Waals surface area contributed by atoms with E-state index in [-0.39, 0.29) is 5.56 Å². The van der Waals surface area contributed by atoms with E-state index < -0.39 is 0 Å². The number of benzene rings is 2. The number of aromatic nitrogens is 4. The SMILES string of the molecule is O=c1c2ccccc2nc(SCc2nnc(-c3ccccc3)o2)n1CCC1=CCCCC1. The van der Waals surface area contributed by atoms with Gasteiger partial charge >= 0.3 is 0 Å². The van der Waals surface area contributed by atoms with Gasteiger partial charge in [-0.25, -0.2) is 4.98 Å². The van der Waals surface area contributed by atoms with Crippen molar-refractivity contribution in [1.29, 1.82) is 0 Å². The molecule has 0 amide bonds. The molecule has 4 aromatic rings. The quantitative estimate of drug-likeness (QED) is 0.209. The van der Waals surface area contributed by atoms with Gasteiger partial charge in [-0.15, -0.1) is 10.2 Å². The lowest BCUT2D eigenvalue weighted by molar-refractivity contribution is 0.527. The van der Waals surface area contributed by atoms with E-state index in [9.17, 15) is 4.79 Å². The molecule has 1 aliphatic carbocycles. The van der Waals surface area contributed by atoms with Crippen LogP contribution in [0.4, 0.5) is 0 Å². The van der Waals surface area contributed by atoms with E-state index in [4.69, 9.17) is 9.40 Å². The standard InChI is InChI=1S/C25H24N4O2S/c30-24-20-13-7-8-14-21(20)26-25(29(24)16-15-18-9-3-1-4-10-18)32-17-22-27-28-23(31-22)19-11-5-2-6-12-19/h2,5-9,11-14H,1,3-4,10,15-17H2. The van der Waals surface area contributed by atoms with Crippen LogP contribution in [0, 0.1) is 0 Å². The summed E-state index contributed by atoms with van der Waals surface area (Å²) >= 11 is 1.46. The van der Waals surface area contributed by atoms with Crippen LogP contribution < -0.4 is 5.56 Å². The predicted octanol–water partition coefficient (Wildman–Crippen LogP) is 5.63. The van der Waals surface area contributed by atoms with Gasteiger partial charge in [-0.2, -0.15) is 0 Å². The molecular weight excluding hydrogens is 420 g/mol. The Kier molecular flexibility index (Phi) is 6.16. The first-order valence-corrected chi connectivity index (χ1v) is 11.9. The summed E-state index contributed by atoms with van der Waals surface area (Å²) in [7, 11) is 0. The summed E-state index contributed by atoms with van der Waals surface area (Å²) in [5.41, 5.74) is 3.04. The number of allylic oxidation sites excluding steroid dienone is 2. The van der Waals surface area contributed by atoms with Crippen molar-refractivity contribution in [2.24, 2.45) is 0 Å². The van der Waals surface area contributed by atoms with Gasteiger partial charge in [0.25, 0.3) is 5.56 Å². The minimum Gasteiger partial charge on any atom is -0.420 e. The van der Waals surface area contributed by atoms with Crippen LogP contribution in [0.1, 0.15) is 38.0 Å². The molecule has 0 saturated carbocycles. The van der Waals surface area contributed by atoms with Crippen molar-refractivity contribution in [3.05, 3.63) is 82.5 Å². The average molecular weight is 445 g/mol. The Hall–Kier alpha value is -3.19. The number of thioether (sulfide) groups is 1. The molecule has 0 fully saturated rings. The summed E-state index contributed by atoms with van der Waals surface area (Å²) in [4.78, 5) is 18.1. The molecule has 0 spiro atoms. The van der Waals surface area contributed by atoms with Crippen LogP contribution in [0.5, 0.6) is 0 Å². The Bertz CT molecular complexity index is 1310. The molecule has 0 aliphatic heterocycles. The van der Waals surface area contributed by atoms with Gasteiger partial charge in [0.2, 0.25) is 11.8 Å². The topological polar surface area (TPSA) is 73.8 Å². The zero-order chi connectivity index (χ0) is 21.8. The molecular formula is C25H24N4O2S. The van der Waals surface area contributed by atoms with E-state index in [2.05, 4.69) is 16.3 Å². The van der Waals surface area contributed by atoms with E-state index in [1.807, 2.05) is 54.6 Å². The fraction of sp³-hybridized carbons (Fsp3) is 0.280. The lowest BCUT2D eigenvalue weighted by Gasteiger charge is -2.16. The number of nitrogens with zero attached hydrogens (tertiary/aromatic N) is 4. The van der Waals surface area contributed by atoms with Crippen LogP contribution in [0.2, 0.25) is 0 Å². The summed E-state index contributed by atoms with van der Waals surface area (Å²) < 4.78 is 7.64. The van der Waals surface area contributed by atoms with Gasteiger partial charge in [0, 0.05) is 12.1 Å². The second-order valence-corrected chi connectivity index (χ2v) is 8.82. The van der Waals surface area contributed by atoms with Crippen molar-refractivity contribution < 1.29 is 4.42 Å². The second kappa shape index (κ2) is 9.53. The zero-order valence-corrected chi connectivity index (χ0v) is 18.6. The van der Waals surface area contributed by atoms with E-state index in [0.29, 0.717) is 40.1 Å². The summed E-state index contributed by atoms with van der Waals surface area (Å²) in [5.74, 6) is 1.46. The lowest BCUT2D eigenvalue weighted by atomic mass is 9.97. The Labute approximate surface area is 190 Å². The van der Waals surface area contributed by atoms with Crippen LogP contribution in [0.15, 0.2) is 80.6 Å². The highest BCUT2D eigenvalue weighted by Gasteiger charge is 2.15. The highest BCUT2D eigenvalue weighted by molar-refractivity contribution is 7.98. The summed E-state index contributed by atoms with van der Waals surface area (Å²) in [5, 5.41) is 9.68. The van der Waals surface area contributed by atoms with Gasteiger partial charge in [-0.3, -0.25) is 9.36 Å². The molecule has 0 atom stereocenters. The predicted molar refractivity (Wildman–Crippen MR) is 126 cm³/mol. The first-order valence-electron chi connectivity index (χ1n) is 11.0. The van der Waals surface area contributed by atoms with Crippen LogP contribution >= 0.6 is 11.8 Å². The molecule has 2 heterocycles. The third kappa shape index (κ3) is 4.53. The fourth-order valence-electron chi connectivity index (χ4n) is 3.98. The van der Waals surface area contributed by atoms with E-state index in [1.165, 1.54) is 30.2 Å². The number of para-hydroxylation sites is 1. The van der Waals surface area contributed by atoms with Crippen LogP contribution in [0.25, 0.3) is 22.4 Å². The van der Waals surface area contributed by atoms with Crippen molar-refractivity contribution >= 4 is 22.7 Å². The highest BCUT2D eigenvalue weighted by Crippen LogP contribution is 2.26. The second-order valence-electron chi connectivity index (χ2n) is 7.88. The molecule has 6 nitrogen and oxygen atoms in total. The Morgan fingerprint density at radius 3 is 2.69 bits per heavy atom. The van der Waals surface area contributed by atoms with E-state index >= 15 is 0 Å². The Balaban J connectivity index is 1.40. The summed E-state index contributed by atoms with van der Waals surface area (Å²) in [6.45, 7) is 0.629. The Morgan fingerprint density at radius 2 is 1.84 bits per heavy atom.